The molecule has 84 valence electrons. The van der Waals surface area contributed by atoms with Crippen LogP contribution in [0, 0.1) is 0 Å². The fourth-order valence-corrected chi connectivity index (χ4v) is 0.921. The number of aliphatic hydroxyl groups excluding tert-OH is 1. The maximum Gasteiger partial charge on any atom is 0.336 e. The molecule has 4 nitrogen and oxygen atoms in total. The summed E-state index contributed by atoms with van der Waals surface area (Å²) in [4.78, 5) is 11.0. The molecule has 1 aromatic rings. The van der Waals surface area contributed by atoms with Gasteiger partial charge in [-0.05, 0) is 5.56 Å². The van der Waals surface area contributed by atoms with Crippen LogP contribution in [0.3, 0.4) is 0 Å². The van der Waals surface area contributed by atoms with Crippen molar-refractivity contribution in [3.05, 3.63) is 35.9 Å². The Balaban J connectivity index is 0.00000196. The van der Waals surface area contributed by atoms with Crippen LogP contribution in [0.1, 0.15) is 5.56 Å². The number of rotatable bonds is 4. The SMILES string of the molecule is Cl.NC[C@H](O)C(=O)OCc1ccccc1. The number of ether oxygens (including phenoxy) is 1. The maximum absolute atomic E-state index is 11.0. The fourth-order valence-electron chi connectivity index (χ4n) is 0.921. The van der Waals surface area contributed by atoms with Gasteiger partial charge >= 0.3 is 5.97 Å². The van der Waals surface area contributed by atoms with Crippen molar-refractivity contribution in [2.75, 3.05) is 6.54 Å². The first-order chi connectivity index (χ1) is 6.74. The molecular weight excluding hydrogens is 218 g/mol. The first-order valence-electron chi connectivity index (χ1n) is 4.32. The molecule has 0 heterocycles. The van der Waals surface area contributed by atoms with Crippen LogP contribution in [0.2, 0.25) is 0 Å². The van der Waals surface area contributed by atoms with Crippen LogP contribution < -0.4 is 5.73 Å². The van der Waals surface area contributed by atoms with Gasteiger partial charge in [-0.3, -0.25) is 0 Å². The van der Waals surface area contributed by atoms with E-state index in [9.17, 15) is 4.79 Å². The van der Waals surface area contributed by atoms with Gasteiger partial charge in [0.05, 0.1) is 0 Å². The smallest absolute Gasteiger partial charge is 0.336 e. The van der Waals surface area contributed by atoms with Crippen molar-refractivity contribution in [1.29, 1.82) is 0 Å². The largest absolute Gasteiger partial charge is 0.459 e. The van der Waals surface area contributed by atoms with Gasteiger partial charge in [0.1, 0.15) is 6.61 Å². The summed E-state index contributed by atoms with van der Waals surface area (Å²) < 4.78 is 4.81. The lowest BCUT2D eigenvalue weighted by molar-refractivity contribution is -0.154. The number of hydrogen-bond acceptors (Lipinski definition) is 4. The molecule has 5 heteroatoms. The highest BCUT2D eigenvalue weighted by atomic mass is 35.5. The molecule has 3 N–H and O–H groups in total. The predicted molar refractivity (Wildman–Crippen MR) is 58.5 cm³/mol. The summed E-state index contributed by atoms with van der Waals surface area (Å²) >= 11 is 0. The second-order valence-corrected chi connectivity index (χ2v) is 2.84. The van der Waals surface area contributed by atoms with Gasteiger partial charge in [-0.25, -0.2) is 4.79 Å². The topological polar surface area (TPSA) is 72.5 Å². The van der Waals surface area contributed by atoms with Gasteiger partial charge in [0, 0.05) is 6.54 Å². The number of aliphatic hydroxyl groups is 1. The van der Waals surface area contributed by atoms with E-state index in [1.807, 2.05) is 30.3 Å². The molecule has 0 bridgehead atoms. The van der Waals surface area contributed by atoms with Crippen molar-refractivity contribution in [1.82, 2.24) is 0 Å². The Kier molecular flexibility index (Phi) is 6.70. The quantitative estimate of drug-likeness (QED) is 0.739. The minimum absolute atomic E-state index is 0. The monoisotopic (exact) mass is 231 g/mol. The molecule has 0 fully saturated rings. The van der Waals surface area contributed by atoms with Gasteiger partial charge in [-0.15, -0.1) is 12.4 Å². The van der Waals surface area contributed by atoms with Gasteiger partial charge in [0.15, 0.2) is 6.10 Å². The number of carbonyl (C=O) groups excluding carboxylic acids is 1. The molecule has 0 aliphatic carbocycles. The lowest BCUT2D eigenvalue weighted by atomic mass is 10.2. The second-order valence-electron chi connectivity index (χ2n) is 2.84. The highest BCUT2D eigenvalue weighted by molar-refractivity contribution is 5.85. The molecule has 0 radical (unpaired) electrons. The maximum atomic E-state index is 11.0. The Hall–Kier alpha value is -1.10. The zero-order valence-corrected chi connectivity index (χ0v) is 8.94. The minimum atomic E-state index is -1.22. The van der Waals surface area contributed by atoms with Crippen molar-refractivity contribution in [3.63, 3.8) is 0 Å². The van der Waals surface area contributed by atoms with E-state index < -0.39 is 12.1 Å². The van der Waals surface area contributed by atoms with Gasteiger partial charge in [0.2, 0.25) is 0 Å². The summed E-state index contributed by atoms with van der Waals surface area (Å²) in [5, 5.41) is 9.00. The van der Waals surface area contributed by atoms with E-state index in [0.29, 0.717) is 0 Å². The molecule has 0 saturated heterocycles. The fraction of sp³-hybridized carbons (Fsp3) is 0.300. The Labute approximate surface area is 94.5 Å². The third-order valence-electron chi connectivity index (χ3n) is 1.72. The van der Waals surface area contributed by atoms with E-state index in [1.54, 1.807) is 0 Å². The highest BCUT2D eigenvalue weighted by Crippen LogP contribution is 2.01. The number of carbonyl (C=O) groups is 1. The van der Waals surface area contributed by atoms with Gasteiger partial charge in [0.25, 0.3) is 0 Å². The molecular formula is C10H14ClNO3. The molecule has 15 heavy (non-hydrogen) atoms. The third kappa shape index (κ3) is 4.78. The van der Waals surface area contributed by atoms with Gasteiger partial charge in [-0.2, -0.15) is 0 Å². The van der Waals surface area contributed by atoms with E-state index in [2.05, 4.69) is 0 Å². The number of esters is 1. The lowest BCUT2D eigenvalue weighted by Crippen LogP contribution is -2.30. The first-order valence-corrected chi connectivity index (χ1v) is 4.32. The van der Waals surface area contributed by atoms with Crippen molar-refractivity contribution in [3.8, 4) is 0 Å². The van der Waals surface area contributed by atoms with Gasteiger partial charge in [-0.1, -0.05) is 30.3 Å². The third-order valence-corrected chi connectivity index (χ3v) is 1.72. The summed E-state index contributed by atoms with van der Waals surface area (Å²) in [5.74, 6) is -0.684. The van der Waals surface area contributed by atoms with E-state index >= 15 is 0 Å². The summed E-state index contributed by atoms with van der Waals surface area (Å²) in [5.41, 5.74) is 5.97. The molecule has 1 atom stereocenters. The number of benzene rings is 1. The van der Waals surface area contributed by atoms with Crippen LogP contribution in [0.25, 0.3) is 0 Å². The second kappa shape index (κ2) is 7.23. The van der Waals surface area contributed by atoms with Crippen molar-refractivity contribution in [2.24, 2.45) is 5.73 Å². The normalized spacial score (nSPS) is 11.3. The standard InChI is InChI=1S/C10H13NO3.ClH/c11-6-9(12)10(13)14-7-8-4-2-1-3-5-8;/h1-5,9,12H,6-7,11H2;1H/t9-;/m0./s1. The molecule has 0 aliphatic rings. The first kappa shape index (κ1) is 13.9. The van der Waals surface area contributed by atoms with E-state index in [-0.39, 0.29) is 25.6 Å². The van der Waals surface area contributed by atoms with E-state index in [0.717, 1.165) is 5.56 Å². The van der Waals surface area contributed by atoms with Crippen LogP contribution >= 0.6 is 12.4 Å². The molecule has 0 amide bonds. The molecule has 0 spiro atoms. The average Bonchev–Trinajstić information content (AvgIpc) is 2.26. The Morgan fingerprint density at radius 3 is 2.53 bits per heavy atom. The highest BCUT2D eigenvalue weighted by Gasteiger charge is 2.13. The Morgan fingerprint density at radius 1 is 1.40 bits per heavy atom. The molecule has 0 saturated carbocycles. The van der Waals surface area contributed by atoms with Crippen LogP contribution in [-0.4, -0.2) is 23.7 Å². The minimum Gasteiger partial charge on any atom is -0.459 e. The van der Waals surface area contributed by atoms with Crippen molar-refractivity contribution >= 4 is 18.4 Å². The van der Waals surface area contributed by atoms with Crippen LogP contribution in [0.15, 0.2) is 30.3 Å². The number of nitrogens with two attached hydrogens (primary N) is 1. The summed E-state index contributed by atoms with van der Waals surface area (Å²) in [7, 11) is 0. The zero-order valence-electron chi connectivity index (χ0n) is 8.13. The van der Waals surface area contributed by atoms with Crippen LogP contribution in [0.5, 0.6) is 0 Å². The molecule has 1 rings (SSSR count). The summed E-state index contributed by atoms with van der Waals surface area (Å²) in [6, 6.07) is 9.25. The van der Waals surface area contributed by atoms with Crippen molar-refractivity contribution in [2.45, 2.75) is 12.7 Å². The van der Waals surface area contributed by atoms with Crippen molar-refractivity contribution < 1.29 is 14.6 Å². The molecule has 0 aromatic heterocycles. The van der Waals surface area contributed by atoms with Gasteiger partial charge < -0.3 is 15.6 Å². The average molecular weight is 232 g/mol. The van der Waals surface area contributed by atoms with Crippen LogP contribution in [-0.2, 0) is 16.1 Å². The lowest BCUT2D eigenvalue weighted by Gasteiger charge is -2.08. The zero-order chi connectivity index (χ0) is 10.4. The molecule has 0 aliphatic heterocycles. The molecule has 0 unspecified atom stereocenters. The summed E-state index contributed by atoms with van der Waals surface area (Å²) in [6.45, 7) is 0.0460. The Morgan fingerprint density at radius 2 is 2.00 bits per heavy atom. The number of halogens is 1. The van der Waals surface area contributed by atoms with E-state index in [4.69, 9.17) is 15.6 Å². The van der Waals surface area contributed by atoms with E-state index in [1.165, 1.54) is 0 Å². The number of hydrogen-bond donors (Lipinski definition) is 2. The molecule has 1 aromatic carbocycles. The van der Waals surface area contributed by atoms with Crippen LogP contribution in [0.4, 0.5) is 0 Å². The Bertz CT molecular complexity index is 292. The predicted octanol–water partition coefficient (Wildman–Crippen LogP) is 0.471. The summed E-state index contributed by atoms with van der Waals surface area (Å²) in [6.07, 6.45) is -1.22.